The molecular formula is C18H19NO4. The van der Waals surface area contributed by atoms with E-state index in [0.29, 0.717) is 18.6 Å². The number of carbonyl (C=O) groups excluding carboxylic acids is 2. The van der Waals surface area contributed by atoms with Crippen LogP contribution >= 0.6 is 0 Å². The van der Waals surface area contributed by atoms with Gasteiger partial charge < -0.3 is 14.0 Å². The van der Waals surface area contributed by atoms with Crippen molar-refractivity contribution in [1.82, 2.24) is 4.57 Å². The second kappa shape index (κ2) is 5.91. The highest BCUT2D eigenvalue weighted by Gasteiger charge is 2.31. The molecule has 0 radical (unpaired) electrons. The third-order valence-corrected chi connectivity index (χ3v) is 4.08. The molecule has 0 bridgehead atoms. The summed E-state index contributed by atoms with van der Waals surface area (Å²) in [6.45, 7) is 6.14. The lowest BCUT2D eigenvalue weighted by Crippen LogP contribution is -2.23. The predicted octanol–water partition coefficient (Wildman–Crippen LogP) is 2.87. The van der Waals surface area contributed by atoms with Crippen molar-refractivity contribution >= 4 is 11.9 Å². The lowest BCUT2D eigenvalue weighted by molar-refractivity contribution is -0.145. The number of hydrogen-bond acceptors (Lipinski definition) is 4. The van der Waals surface area contributed by atoms with Gasteiger partial charge in [0.2, 0.25) is 6.10 Å². The second-order valence-electron chi connectivity index (χ2n) is 5.81. The Hall–Kier alpha value is -2.56. The molecule has 1 aliphatic rings. The summed E-state index contributed by atoms with van der Waals surface area (Å²) in [5.41, 5.74) is 4.37. The number of ether oxygens (including phenoxy) is 2. The van der Waals surface area contributed by atoms with Gasteiger partial charge in [0.1, 0.15) is 0 Å². The van der Waals surface area contributed by atoms with Crippen LogP contribution in [-0.4, -0.2) is 29.2 Å². The Morgan fingerprint density at radius 2 is 1.91 bits per heavy atom. The highest BCUT2D eigenvalue weighted by atomic mass is 16.6. The maximum atomic E-state index is 12.4. The molecule has 120 valence electrons. The van der Waals surface area contributed by atoms with Crippen LogP contribution in [0.25, 0.3) is 5.69 Å². The molecule has 1 atom stereocenters. The Morgan fingerprint density at radius 3 is 2.52 bits per heavy atom. The molecule has 0 amide bonds. The van der Waals surface area contributed by atoms with Gasteiger partial charge in [-0.25, -0.2) is 9.59 Å². The highest BCUT2D eigenvalue weighted by Crippen LogP contribution is 2.23. The first kappa shape index (κ1) is 15.3. The SMILES string of the molecule is Cc1ccc(-n2c(C)cc(C(=O)O[C@@H]3CCOC3=O)c2C)cc1. The largest absolute Gasteiger partial charge is 0.463 e. The van der Waals surface area contributed by atoms with Crippen molar-refractivity contribution in [3.05, 3.63) is 52.8 Å². The standard InChI is InChI=1S/C18H19NO4/c1-11-4-6-14(7-5-11)19-12(2)10-15(13(19)3)17(20)23-16-8-9-22-18(16)21/h4-7,10,16H,8-9H2,1-3H3/t16-/m1/s1. The van der Waals surface area contributed by atoms with Crippen molar-refractivity contribution < 1.29 is 19.1 Å². The maximum absolute atomic E-state index is 12.4. The molecule has 0 saturated carbocycles. The Morgan fingerprint density at radius 1 is 1.22 bits per heavy atom. The van der Waals surface area contributed by atoms with Crippen molar-refractivity contribution in [2.45, 2.75) is 33.3 Å². The predicted molar refractivity (Wildman–Crippen MR) is 84.8 cm³/mol. The Labute approximate surface area is 134 Å². The summed E-state index contributed by atoms with van der Waals surface area (Å²) in [5.74, 6) is -0.953. The summed E-state index contributed by atoms with van der Waals surface area (Å²) >= 11 is 0. The summed E-state index contributed by atoms with van der Waals surface area (Å²) < 4.78 is 12.1. The molecule has 2 heterocycles. The average molecular weight is 313 g/mol. The molecule has 1 aromatic heterocycles. The van der Waals surface area contributed by atoms with Crippen molar-refractivity contribution in [3.63, 3.8) is 0 Å². The first-order valence-electron chi connectivity index (χ1n) is 7.61. The van der Waals surface area contributed by atoms with E-state index < -0.39 is 18.0 Å². The summed E-state index contributed by atoms with van der Waals surface area (Å²) in [5, 5.41) is 0. The van der Waals surface area contributed by atoms with Crippen molar-refractivity contribution in [2.75, 3.05) is 6.61 Å². The molecule has 0 N–H and O–H groups in total. The number of aryl methyl sites for hydroxylation is 2. The van der Waals surface area contributed by atoms with Crippen LogP contribution in [0.1, 0.15) is 33.7 Å². The Kier molecular flexibility index (Phi) is 3.94. The van der Waals surface area contributed by atoms with E-state index in [1.165, 1.54) is 5.56 Å². The fourth-order valence-electron chi connectivity index (χ4n) is 2.84. The van der Waals surface area contributed by atoms with E-state index in [1.807, 2.05) is 49.6 Å². The minimum absolute atomic E-state index is 0.305. The maximum Gasteiger partial charge on any atom is 0.347 e. The molecule has 0 aliphatic carbocycles. The van der Waals surface area contributed by atoms with E-state index in [4.69, 9.17) is 9.47 Å². The van der Waals surface area contributed by atoms with Gasteiger partial charge in [-0.15, -0.1) is 0 Å². The molecule has 5 heteroatoms. The molecule has 5 nitrogen and oxygen atoms in total. The van der Waals surface area contributed by atoms with Crippen molar-refractivity contribution in [2.24, 2.45) is 0 Å². The lowest BCUT2D eigenvalue weighted by Gasteiger charge is -2.11. The van der Waals surface area contributed by atoms with E-state index in [2.05, 4.69) is 0 Å². The van der Waals surface area contributed by atoms with E-state index in [0.717, 1.165) is 17.1 Å². The number of carbonyl (C=O) groups is 2. The quantitative estimate of drug-likeness (QED) is 0.818. The van der Waals surface area contributed by atoms with Gasteiger partial charge in [0.25, 0.3) is 0 Å². The molecule has 3 rings (SSSR count). The zero-order valence-corrected chi connectivity index (χ0v) is 13.5. The Bertz CT molecular complexity index is 758. The van der Waals surface area contributed by atoms with Crippen LogP contribution in [0.2, 0.25) is 0 Å². The number of esters is 2. The highest BCUT2D eigenvalue weighted by molar-refractivity contribution is 5.93. The van der Waals surface area contributed by atoms with Crippen LogP contribution in [0.4, 0.5) is 0 Å². The molecular weight excluding hydrogens is 294 g/mol. The molecule has 1 aliphatic heterocycles. The van der Waals surface area contributed by atoms with Gasteiger partial charge >= 0.3 is 11.9 Å². The van der Waals surface area contributed by atoms with Gasteiger partial charge in [-0.3, -0.25) is 0 Å². The van der Waals surface area contributed by atoms with Gasteiger partial charge in [0, 0.05) is 23.5 Å². The van der Waals surface area contributed by atoms with Crippen LogP contribution in [0.15, 0.2) is 30.3 Å². The molecule has 1 aromatic carbocycles. The Balaban J connectivity index is 1.89. The van der Waals surface area contributed by atoms with Gasteiger partial charge in [-0.1, -0.05) is 17.7 Å². The van der Waals surface area contributed by atoms with E-state index in [-0.39, 0.29) is 0 Å². The first-order chi connectivity index (χ1) is 11.0. The number of hydrogen-bond donors (Lipinski definition) is 0. The van der Waals surface area contributed by atoms with Crippen LogP contribution in [0, 0.1) is 20.8 Å². The minimum Gasteiger partial charge on any atom is -0.463 e. The number of cyclic esters (lactones) is 1. The molecule has 2 aromatic rings. The normalized spacial score (nSPS) is 17.2. The summed E-state index contributed by atoms with van der Waals surface area (Å²) in [6.07, 6.45) is -0.369. The topological polar surface area (TPSA) is 57.5 Å². The number of benzene rings is 1. The smallest absolute Gasteiger partial charge is 0.347 e. The number of aromatic nitrogens is 1. The van der Waals surface area contributed by atoms with Gasteiger partial charge in [-0.05, 0) is 39.0 Å². The van der Waals surface area contributed by atoms with Gasteiger partial charge in [-0.2, -0.15) is 0 Å². The van der Waals surface area contributed by atoms with Gasteiger partial charge in [0.15, 0.2) is 0 Å². The monoisotopic (exact) mass is 313 g/mol. The summed E-state index contributed by atoms with van der Waals surface area (Å²) in [6, 6.07) is 9.87. The lowest BCUT2D eigenvalue weighted by atomic mass is 10.2. The third-order valence-electron chi connectivity index (χ3n) is 4.08. The van der Waals surface area contributed by atoms with Crippen LogP contribution in [-0.2, 0) is 14.3 Å². The van der Waals surface area contributed by atoms with Gasteiger partial charge in [0.05, 0.1) is 12.2 Å². The van der Waals surface area contributed by atoms with E-state index in [1.54, 1.807) is 6.07 Å². The second-order valence-corrected chi connectivity index (χ2v) is 5.81. The van der Waals surface area contributed by atoms with Crippen LogP contribution < -0.4 is 0 Å². The molecule has 23 heavy (non-hydrogen) atoms. The molecule has 1 fully saturated rings. The number of rotatable bonds is 3. The van der Waals surface area contributed by atoms with Crippen molar-refractivity contribution in [3.8, 4) is 5.69 Å². The zero-order valence-electron chi connectivity index (χ0n) is 13.5. The number of nitrogens with zero attached hydrogens (tertiary/aromatic N) is 1. The molecule has 1 saturated heterocycles. The average Bonchev–Trinajstić information content (AvgIpc) is 3.04. The van der Waals surface area contributed by atoms with Crippen LogP contribution in [0.5, 0.6) is 0 Å². The minimum atomic E-state index is -0.787. The first-order valence-corrected chi connectivity index (χ1v) is 7.61. The van der Waals surface area contributed by atoms with Crippen LogP contribution in [0.3, 0.4) is 0 Å². The zero-order chi connectivity index (χ0) is 16.6. The molecule has 0 unspecified atom stereocenters. The summed E-state index contributed by atoms with van der Waals surface area (Å²) in [4.78, 5) is 23.8. The van der Waals surface area contributed by atoms with E-state index in [9.17, 15) is 9.59 Å². The van der Waals surface area contributed by atoms with Crippen molar-refractivity contribution in [1.29, 1.82) is 0 Å². The molecule has 0 spiro atoms. The third kappa shape index (κ3) is 2.86. The fraction of sp³-hybridized carbons (Fsp3) is 0.333. The summed E-state index contributed by atoms with van der Waals surface area (Å²) in [7, 11) is 0. The fourth-order valence-corrected chi connectivity index (χ4v) is 2.84. The van der Waals surface area contributed by atoms with E-state index >= 15 is 0 Å².